The number of nitrogens with zero attached hydrogens (tertiary/aromatic N) is 3. The fourth-order valence-corrected chi connectivity index (χ4v) is 4.46. The zero-order chi connectivity index (χ0) is 16.1. The van der Waals surface area contributed by atoms with Crippen molar-refractivity contribution in [3.8, 4) is 0 Å². The smallest absolute Gasteiger partial charge is 0.300 e. The third-order valence-electron chi connectivity index (χ3n) is 5.63. The van der Waals surface area contributed by atoms with Gasteiger partial charge in [-0.25, -0.2) is 4.98 Å². The fraction of sp³-hybridized carbons (Fsp3) is 0.389. The standard InChI is InChI=1S/C18H19N5O/c24-16-14-15(20-11-19-14)23-10-18(22-17(23)21-16)8-4-7-13(18)9-12-5-2-1-3-6-12/h1-3,5-6,11,13H,4,7-10H2,(H,19,20)(H,21,22,24). The van der Waals surface area contributed by atoms with Gasteiger partial charge in [0.2, 0.25) is 5.95 Å². The second kappa shape index (κ2) is 4.93. The van der Waals surface area contributed by atoms with Gasteiger partial charge in [0.1, 0.15) is 0 Å². The molecule has 2 unspecified atom stereocenters. The van der Waals surface area contributed by atoms with E-state index in [4.69, 9.17) is 0 Å². The molecule has 1 aliphatic carbocycles. The Morgan fingerprint density at radius 1 is 1.29 bits per heavy atom. The molecule has 2 aromatic heterocycles. The first-order chi connectivity index (χ1) is 11.8. The summed E-state index contributed by atoms with van der Waals surface area (Å²) in [5.41, 5.74) is 2.31. The first-order valence-corrected chi connectivity index (χ1v) is 8.51. The summed E-state index contributed by atoms with van der Waals surface area (Å²) >= 11 is 0. The zero-order valence-electron chi connectivity index (χ0n) is 13.3. The fourth-order valence-electron chi connectivity index (χ4n) is 4.46. The van der Waals surface area contributed by atoms with Crippen LogP contribution in [-0.4, -0.2) is 25.1 Å². The van der Waals surface area contributed by atoms with Crippen molar-refractivity contribution in [1.82, 2.24) is 19.5 Å². The second-order valence-corrected chi connectivity index (χ2v) is 6.99. The van der Waals surface area contributed by atoms with Gasteiger partial charge in [-0.15, -0.1) is 0 Å². The van der Waals surface area contributed by atoms with E-state index in [1.165, 1.54) is 18.4 Å². The first-order valence-electron chi connectivity index (χ1n) is 8.51. The van der Waals surface area contributed by atoms with Crippen molar-refractivity contribution < 1.29 is 0 Å². The number of rotatable bonds is 2. The molecule has 122 valence electrons. The van der Waals surface area contributed by atoms with Crippen LogP contribution < -0.4 is 10.9 Å². The number of benzene rings is 1. The van der Waals surface area contributed by atoms with Crippen LogP contribution in [0.4, 0.5) is 5.95 Å². The van der Waals surface area contributed by atoms with Crippen molar-refractivity contribution >= 4 is 17.1 Å². The Labute approximate surface area is 139 Å². The summed E-state index contributed by atoms with van der Waals surface area (Å²) in [5.74, 6) is 1.20. The van der Waals surface area contributed by atoms with Gasteiger partial charge in [0, 0.05) is 0 Å². The Morgan fingerprint density at radius 2 is 2.17 bits per heavy atom. The number of fused-ring (bicyclic) bond motifs is 3. The molecule has 2 aliphatic rings. The van der Waals surface area contributed by atoms with Crippen molar-refractivity contribution in [2.24, 2.45) is 5.92 Å². The maximum atomic E-state index is 12.1. The van der Waals surface area contributed by atoms with E-state index in [0.29, 0.717) is 23.0 Å². The van der Waals surface area contributed by atoms with Gasteiger partial charge < -0.3 is 10.3 Å². The molecule has 24 heavy (non-hydrogen) atoms. The molecule has 0 saturated heterocycles. The lowest BCUT2D eigenvalue weighted by molar-refractivity contribution is 0.331. The van der Waals surface area contributed by atoms with Crippen molar-refractivity contribution in [2.45, 2.75) is 37.8 Å². The average molecular weight is 321 g/mol. The lowest BCUT2D eigenvalue weighted by Gasteiger charge is -2.31. The highest BCUT2D eigenvalue weighted by molar-refractivity contribution is 5.72. The quantitative estimate of drug-likeness (QED) is 0.759. The minimum Gasteiger partial charge on any atom is -0.348 e. The van der Waals surface area contributed by atoms with E-state index in [1.54, 1.807) is 6.33 Å². The molecule has 1 saturated carbocycles. The van der Waals surface area contributed by atoms with E-state index < -0.39 is 0 Å². The van der Waals surface area contributed by atoms with Crippen molar-refractivity contribution in [3.63, 3.8) is 0 Å². The molecule has 1 aromatic carbocycles. The number of hydrogen-bond acceptors (Lipinski definition) is 4. The monoisotopic (exact) mass is 321 g/mol. The number of H-pyrrole nitrogens is 1. The Balaban J connectivity index is 1.53. The van der Waals surface area contributed by atoms with Crippen molar-refractivity contribution in [1.29, 1.82) is 0 Å². The molecule has 6 heteroatoms. The molecule has 6 nitrogen and oxygen atoms in total. The van der Waals surface area contributed by atoms with Crippen LogP contribution in [0.5, 0.6) is 0 Å². The highest BCUT2D eigenvalue weighted by Gasteiger charge is 2.47. The molecule has 3 aromatic rings. The van der Waals surface area contributed by atoms with E-state index in [0.717, 1.165) is 19.4 Å². The van der Waals surface area contributed by atoms with Crippen LogP contribution in [0.15, 0.2) is 41.5 Å². The van der Waals surface area contributed by atoms with Gasteiger partial charge in [0.05, 0.1) is 18.4 Å². The Kier molecular flexibility index (Phi) is 2.83. The van der Waals surface area contributed by atoms with Gasteiger partial charge in [0.25, 0.3) is 0 Å². The van der Waals surface area contributed by atoms with Crippen LogP contribution in [0.25, 0.3) is 11.2 Å². The number of hydrogen-bond donors (Lipinski definition) is 2. The van der Waals surface area contributed by atoms with Crippen molar-refractivity contribution in [2.75, 3.05) is 5.32 Å². The van der Waals surface area contributed by atoms with E-state index in [2.05, 4.69) is 55.2 Å². The minimum absolute atomic E-state index is 0.0183. The molecule has 1 fully saturated rings. The highest BCUT2D eigenvalue weighted by atomic mass is 16.1. The molecule has 0 amide bonds. The average Bonchev–Trinajstić information content (AvgIpc) is 3.28. The lowest BCUT2D eigenvalue weighted by atomic mass is 9.83. The Bertz CT molecular complexity index is 960. The van der Waals surface area contributed by atoms with Gasteiger partial charge >= 0.3 is 5.56 Å². The maximum Gasteiger partial charge on any atom is 0.300 e. The molecule has 0 radical (unpaired) electrons. The topological polar surface area (TPSA) is 75.6 Å². The van der Waals surface area contributed by atoms with E-state index in [1.807, 2.05) is 0 Å². The maximum absolute atomic E-state index is 12.1. The third-order valence-corrected chi connectivity index (χ3v) is 5.63. The molecule has 5 rings (SSSR count). The predicted octanol–water partition coefficient (Wildman–Crippen LogP) is 2.33. The lowest BCUT2D eigenvalue weighted by Crippen LogP contribution is -2.41. The van der Waals surface area contributed by atoms with Gasteiger partial charge in [-0.3, -0.25) is 9.36 Å². The SMILES string of the molecule is O=c1nc2n(c3nc[nH]c13)CC1(CCCC1Cc1ccccc1)N2. The number of anilines is 1. The summed E-state index contributed by atoms with van der Waals surface area (Å²) in [7, 11) is 0. The van der Waals surface area contributed by atoms with Crippen LogP contribution in [0, 0.1) is 5.92 Å². The largest absolute Gasteiger partial charge is 0.348 e. The predicted molar refractivity (Wildman–Crippen MR) is 92.0 cm³/mol. The van der Waals surface area contributed by atoms with Gasteiger partial charge in [-0.2, -0.15) is 4.98 Å². The molecule has 3 heterocycles. The zero-order valence-corrected chi connectivity index (χ0v) is 13.3. The molecule has 0 bridgehead atoms. The minimum atomic E-state index is -0.240. The molecular formula is C18H19N5O. The second-order valence-electron chi connectivity index (χ2n) is 6.99. The molecule has 2 N–H and O–H groups in total. The van der Waals surface area contributed by atoms with E-state index in [-0.39, 0.29) is 11.1 Å². The first kappa shape index (κ1) is 13.8. The summed E-state index contributed by atoms with van der Waals surface area (Å²) in [6.07, 6.45) is 6.13. The molecular weight excluding hydrogens is 302 g/mol. The number of aromatic amines is 1. The molecule has 1 spiro atoms. The number of imidazole rings is 1. The number of nitrogens with one attached hydrogen (secondary N) is 2. The van der Waals surface area contributed by atoms with Gasteiger partial charge in [-0.05, 0) is 30.7 Å². The number of aromatic nitrogens is 4. The van der Waals surface area contributed by atoms with Crippen LogP contribution in [0.3, 0.4) is 0 Å². The highest BCUT2D eigenvalue weighted by Crippen LogP contribution is 2.44. The summed E-state index contributed by atoms with van der Waals surface area (Å²) in [4.78, 5) is 23.6. The van der Waals surface area contributed by atoms with Crippen molar-refractivity contribution in [3.05, 3.63) is 52.6 Å². The van der Waals surface area contributed by atoms with E-state index in [9.17, 15) is 4.79 Å². The summed E-state index contributed by atoms with van der Waals surface area (Å²) in [6.45, 7) is 0.828. The Hall–Kier alpha value is -2.63. The van der Waals surface area contributed by atoms with E-state index >= 15 is 0 Å². The summed E-state index contributed by atoms with van der Waals surface area (Å²) in [6, 6.07) is 10.6. The Morgan fingerprint density at radius 3 is 3.04 bits per heavy atom. The molecule has 2 atom stereocenters. The third kappa shape index (κ3) is 1.92. The van der Waals surface area contributed by atoms with Crippen LogP contribution in [0.2, 0.25) is 0 Å². The van der Waals surface area contributed by atoms with Crippen LogP contribution in [0.1, 0.15) is 24.8 Å². The van der Waals surface area contributed by atoms with Gasteiger partial charge in [0.15, 0.2) is 11.2 Å². The summed E-state index contributed by atoms with van der Waals surface area (Å²) < 4.78 is 2.07. The normalized spacial score (nSPS) is 25.2. The summed E-state index contributed by atoms with van der Waals surface area (Å²) in [5, 5.41) is 3.60. The van der Waals surface area contributed by atoms with Gasteiger partial charge in [-0.1, -0.05) is 36.8 Å². The van der Waals surface area contributed by atoms with Crippen LogP contribution in [-0.2, 0) is 13.0 Å². The van der Waals surface area contributed by atoms with Crippen LogP contribution >= 0.6 is 0 Å². The molecule has 1 aliphatic heterocycles.